The Morgan fingerprint density at radius 1 is 1.12 bits per heavy atom. The van der Waals surface area contributed by atoms with Crippen LogP contribution in [0.5, 0.6) is 11.5 Å². The smallest absolute Gasteiger partial charge is 0.272 e. The monoisotopic (exact) mass is 491 g/mol. The van der Waals surface area contributed by atoms with Gasteiger partial charge in [0.15, 0.2) is 5.16 Å². The molecule has 1 aromatic heterocycles. The third-order valence-electron chi connectivity index (χ3n) is 6.39. The number of amides is 2. The molecular weight excluding hydrogens is 474 g/mol. The average Bonchev–Trinajstić information content (AvgIpc) is 3.44. The first-order valence-electron chi connectivity index (χ1n) is 10.8. The second-order valence-corrected chi connectivity index (χ2v) is 9.78. The van der Waals surface area contributed by atoms with Gasteiger partial charge in [0.1, 0.15) is 29.8 Å². The molecule has 0 saturated carbocycles. The summed E-state index contributed by atoms with van der Waals surface area (Å²) in [6.45, 7) is 1.15. The summed E-state index contributed by atoms with van der Waals surface area (Å²) in [4.78, 5) is 34.1. The number of halogens is 1. The van der Waals surface area contributed by atoms with Crippen molar-refractivity contribution in [1.29, 1.82) is 5.26 Å². The molecule has 4 aliphatic heterocycles. The van der Waals surface area contributed by atoms with Gasteiger partial charge < -0.3 is 19.1 Å². The molecule has 7 rings (SSSR count). The first-order valence-corrected chi connectivity index (χ1v) is 12.2. The van der Waals surface area contributed by atoms with Crippen molar-refractivity contribution in [3.05, 3.63) is 70.0 Å². The molecule has 0 N–H and O–H groups in total. The molecule has 1 atom stereocenters. The van der Waals surface area contributed by atoms with Gasteiger partial charge in [-0.1, -0.05) is 29.4 Å². The topological polar surface area (TPSA) is 91.5 Å². The lowest BCUT2D eigenvalue weighted by Crippen LogP contribution is -2.52. The lowest BCUT2D eigenvalue weighted by molar-refractivity contribution is -0.135. The maximum Gasteiger partial charge on any atom is 0.272 e. The highest BCUT2D eigenvalue weighted by atomic mass is 35.5. The van der Waals surface area contributed by atoms with Gasteiger partial charge >= 0.3 is 0 Å². The predicted molar refractivity (Wildman–Crippen MR) is 125 cm³/mol. The molecule has 1 saturated heterocycles. The van der Waals surface area contributed by atoms with Crippen LogP contribution in [0.2, 0.25) is 5.02 Å². The van der Waals surface area contributed by atoms with Crippen molar-refractivity contribution in [3.63, 3.8) is 0 Å². The van der Waals surface area contributed by atoms with E-state index in [1.54, 1.807) is 52.0 Å². The van der Waals surface area contributed by atoms with Crippen LogP contribution in [0.1, 0.15) is 33.2 Å². The fraction of sp³-hybridized carbons (Fsp3) is 0.250. The summed E-state index contributed by atoms with van der Waals surface area (Å²) in [7, 11) is 0. The van der Waals surface area contributed by atoms with Gasteiger partial charge in [-0.2, -0.15) is 5.26 Å². The first kappa shape index (κ1) is 21.1. The maximum atomic E-state index is 13.4. The number of fused-ring (bicyclic) bond motifs is 2. The number of rotatable bonds is 0. The van der Waals surface area contributed by atoms with Crippen molar-refractivity contribution in [2.45, 2.75) is 17.7 Å². The number of aromatic nitrogens is 2. The molecule has 0 radical (unpaired) electrons. The summed E-state index contributed by atoms with van der Waals surface area (Å²) in [6, 6.07) is 12.8. The van der Waals surface area contributed by atoms with Crippen molar-refractivity contribution in [1.82, 2.24) is 19.4 Å². The molecule has 1 fully saturated rings. The normalized spacial score (nSPS) is 19.1. The molecule has 3 aromatic rings. The number of hydrogen-bond acceptors (Lipinski definition) is 6. The summed E-state index contributed by atoms with van der Waals surface area (Å²) in [5.74, 6) is 1.31. The van der Waals surface area contributed by atoms with E-state index in [4.69, 9.17) is 16.3 Å². The van der Waals surface area contributed by atoms with Gasteiger partial charge in [0.25, 0.3) is 5.91 Å². The van der Waals surface area contributed by atoms with E-state index >= 15 is 0 Å². The Labute approximate surface area is 204 Å². The van der Waals surface area contributed by atoms with Crippen LogP contribution < -0.4 is 4.74 Å². The molecule has 4 aliphatic rings. The zero-order valence-electron chi connectivity index (χ0n) is 17.9. The van der Waals surface area contributed by atoms with Crippen molar-refractivity contribution < 1.29 is 14.3 Å². The number of nitriles is 1. The molecule has 0 aliphatic carbocycles. The average molecular weight is 492 g/mol. The predicted octanol–water partition coefficient (Wildman–Crippen LogP) is 3.69. The summed E-state index contributed by atoms with van der Waals surface area (Å²) in [5.41, 5.74) is 2.51. The van der Waals surface area contributed by atoms with Crippen LogP contribution in [-0.4, -0.2) is 56.6 Å². The molecule has 8 nitrogen and oxygen atoms in total. The third-order valence-corrected chi connectivity index (χ3v) is 7.80. The van der Waals surface area contributed by atoms with Crippen molar-refractivity contribution in [3.8, 4) is 17.6 Å². The van der Waals surface area contributed by atoms with Crippen LogP contribution in [-0.2, 0) is 11.3 Å². The van der Waals surface area contributed by atoms with E-state index in [0.717, 1.165) is 16.3 Å². The lowest BCUT2D eigenvalue weighted by atomic mass is 10.0. The van der Waals surface area contributed by atoms with Crippen molar-refractivity contribution >= 4 is 35.2 Å². The molecule has 0 spiro atoms. The lowest BCUT2D eigenvalue weighted by Gasteiger charge is -2.35. The van der Waals surface area contributed by atoms with Gasteiger partial charge in [-0.05, 0) is 41.5 Å². The van der Waals surface area contributed by atoms with Crippen molar-refractivity contribution in [2.24, 2.45) is 0 Å². The minimum Gasteiger partial charge on any atom is -0.456 e. The van der Waals surface area contributed by atoms with Crippen LogP contribution in [0.4, 0.5) is 0 Å². The number of carbonyl (C=O) groups excluding carboxylic acids is 2. The van der Waals surface area contributed by atoms with Gasteiger partial charge in [0, 0.05) is 30.4 Å². The van der Waals surface area contributed by atoms with E-state index in [1.165, 1.54) is 0 Å². The number of benzene rings is 2. The molecular formula is C24H18ClN5O3S. The minimum absolute atomic E-state index is 0.00593. The van der Waals surface area contributed by atoms with E-state index in [0.29, 0.717) is 53.2 Å². The highest BCUT2D eigenvalue weighted by molar-refractivity contribution is 7.99. The summed E-state index contributed by atoms with van der Waals surface area (Å²) in [6.07, 6.45) is 1.59. The molecule has 170 valence electrons. The van der Waals surface area contributed by atoms with Crippen LogP contribution in [0.25, 0.3) is 0 Å². The highest BCUT2D eigenvalue weighted by Gasteiger charge is 2.35. The van der Waals surface area contributed by atoms with E-state index in [2.05, 4.69) is 11.1 Å². The number of carbonyl (C=O) groups is 2. The number of ether oxygens (including phenoxy) is 1. The van der Waals surface area contributed by atoms with Gasteiger partial charge in [-0.25, -0.2) is 4.98 Å². The van der Waals surface area contributed by atoms with E-state index in [-0.39, 0.29) is 24.4 Å². The maximum absolute atomic E-state index is 13.4. The van der Waals surface area contributed by atoms with Crippen molar-refractivity contribution in [2.75, 3.05) is 25.4 Å². The summed E-state index contributed by atoms with van der Waals surface area (Å²) in [5, 5.41) is 10.9. The molecule has 34 heavy (non-hydrogen) atoms. The number of thioether (sulfide) groups is 1. The van der Waals surface area contributed by atoms with Crippen LogP contribution in [0, 0.1) is 11.3 Å². The molecule has 1 unspecified atom stereocenters. The third kappa shape index (κ3) is 3.42. The molecule has 2 aromatic carbocycles. The van der Waals surface area contributed by atoms with Gasteiger partial charge in [-0.15, -0.1) is 0 Å². The van der Waals surface area contributed by atoms with Crippen LogP contribution in [0.15, 0.2) is 47.8 Å². The fourth-order valence-corrected chi connectivity index (χ4v) is 5.90. The number of nitrogens with zero attached hydrogens (tertiary/aromatic N) is 5. The Hall–Kier alpha value is -3.48. The van der Waals surface area contributed by atoms with E-state index in [9.17, 15) is 14.9 Å². The Kier molecular flexibility index (Phi) is 5.01. The number of piperazine rings is 1. The van der Waals surface area contributed by atoms with Crippen LogP contribution >= 0.6 is 23.4 Å². The van der Waals surface area contributed by atoms with Gasteiger partial charge in [0.05, 0.1) is 17.8 Å². The Balaban J connectivity index is 1.52. The molecule has 6 bridgehead atoms. The molecule has 10 heteroatoms. The quantitative estimate of drug-likeness (QED) is 0.476. The highest BCUT2D eigenvalue weighted by Crippen LogP contribution is 2.40. The second-order valence-electron chi connectivity index (χ2n) is 8.39. The minimum atomic E-state index is -0.212. The van der Waals surface area contributed by atoms with Gasteiger partial charge in [0.2, 0.25) is 5.91 Å². The molecule has 5 heterocycles. The Morgan fingerprint density at radius 3 is 2.79 bits per heavy atom. The van der Waals surface area contributed by atoms with E-state index < -0.39 is 0 Å². The zero-order chi connectivity index (χ0) is 23.4. The van der Waals surface area contributed by atoms with E-state index in [1.807, 2.05) is 16.7 Å². The standard InChI is InChI=1S/C24H18ClN5O3S/c25-18-4-3-17-7-16(18)11-28-5-6-29(12-22(28)31)23(32)19-10-27-24-30(19)20(13-34-24)14-1-2-15(9-26)21(8-14)33-17/h1-4,7-8,10,20H,5-6,11-13H2. The Morgan fingerprint density at radius 2 is 1.97 bits per heavy atom. The SMILES string of the molecule is N#Cc1ccc2cc1Oc1ccc(Cl)c(c1)CN1CCN(CC1=O)C(=O)c1cnc3n1C2CS3. The van der Waals surface area contributed by atoms with Gasteiger partial charge in [-0.3, -0.25) is 9.59 Å². The van der Waals surface area contributed by atoms with Crippen LogP contribution in [0.3, 0.4) is 0 Å². The second kappa shape index (κ2) is 8.08. The largest absolute Gasteiger partial charge is 0.456 e. The molecule has 2 amide bonds. The Bertz CT molecular complexity index is 1400. The number of hydrogen-bond donors (Lipinski definition) is 0. The first-order chi connectivity index (χ1) is 16.5. The summed E-state index contributed by atoms with van der Waals surface area (Å²) >= 11 is 8.00. The number of imidazole rings is 1. The summed E-state index contributed by atoms with van der Waals surface area (Å²) < 4.78 is 8.08. The zero-order valence-corrected chi connectivity index (χ0v) is 19.5. The fourth-order valence-electron chi connectivity index (χ4n) is 4.59.